The van der Waals surface area contributed by atoms with Gasteiger partial charge in [-0.05, 0) is 37.2 Å². The van der Waals surface area contributed by atoms with Gasteiger partial charge in [-0.1, -0.05) is 37.5 Å². The third-order valence-electron chi connectivity index (χ3n) is 5.54. The average Bonchev–Trinajstić information content (AvgIpc) is 3.27. The number of carbonyl (C=O) groups is 1. The molecular formula is C20H27N3O4S. The molecule has 1 saturated carbocycles. The highest BCUT2D eigenvalue weighted by atomic mass is 32.1. The van der Waals surface area contributed by atoms with Gasteiger partial charge in [-0.15, -0.1) is 0 Å². The Morgan fingerprint density at radius 3 is 2.54 bits per heavy atom. The number of para-hydroxylation sites is 1. The summed E-state index contributed by atoms with van der Waals surface area (Å²) < 4.78 is 17.3. The lowest BCUT2D eigenvalue weighted by Crippen LogP contribution is -2.46. The summed E-state index contributed by atoms with van der Waals surface area (Å²) in [6, 6.07) is 9.88. The molecule has 2 heterocycles. The van der Waals surface area contributed by atoms with Crippen molar-refractivity contribution in [2.45, 2.75) is 62.5 Å². The molecule has 3 fully saturated rings. The lowest BCUT2D eigenvalue weighted by atomic mass is 9.96. The van der Waals surface area contributed by atoms with Gasteiger partial charge in [0.2, 0.25) is 0 Å². The molecule has 0 bridgehead atoms. The predicted molar refractivity (Wildman–Crippen MR) is 109 cm³/mol. The van der Waals surface area contributed by atoms with Gasteiger partial charge in [0.1, 0.15) is 12.2 Å². The standard InChI is InChI=1S/C20H27N3O4S/c24-20(22-14-9-5-2-6-10-14)27-16-12-26-17-15(11-25-18(16)17)23-19(28)21-13-7-3-1-4-8-13/h1,3-4,7-8,14-18H,2,5-6,9-12H2,(H,22,24)(H2,21,23,28)/t15-,16+,17+,18+/m0/s1. The van der Waals surface area contributed by atoms with E-state index in [1.807, 2.05) is 30.3 Å². The molecule has 4 atom stereocenters. The molecule has 1 aromatic rings. The summed E-state index contributed by atoms with van der Waals surface area (Å²) in [4.78, 5) is 12.2. The molecule has 0 unspecified atom stereocenters. The van der Waals surface area contributed by atoms with Crippen molar-refractivity contribution >= 4 is 29.1 Å². The molecule has 2 saturated heterocycles. The molecule has 0 aromatic heterocycles. The van der Waals surface area contributed by atoms with Gasteiger partial charge in [-0.2, -0.15) is 0 Å². The lowest BCUT2D eigenvalue weighted by molar-refractivity contribution is 0.00277. The number of hydrogen-bond acceptors (Lipinski definition) is 5. The van der Waals surface area contributed by atoms with Gasteiger partial charge in [0.25, 0.3) is 0 Å². The number of thiocarbonyl (C=S) groups is 1. The number of ether oxygens (including phenoxy) is 3. The van der Waals surface area contributed by atoms with Gasteiger partial charge in [0.15, 0.2) is 11.2 Å². The molecule has 8 heteroatoms. The van der Waals surface area contributed by atoms with E-state index in [9.17, 15) is 4.79 Å². The number of carbonyl (C=O) groups excluding carboxylic acids is 1. The van der Waals surface area contributed by atoms with Crippen molar-refractivity contribution in [1.29, 1.82) is 0 Å². The first-order valence-electron chi connectivity index (χ1n) is 10.0. The second kappa shape index (κ2) is 9.07. The molecule has 0 radical (unpaired) electrons. The molecule has 152 valence electrons. The van der Waals surface area contributed by atoms with Crippen LogP contribution in [0, 0.1) is 0 Å². The smallest absolute Gasteiger partial charge is 0.407 e. The van der Waals surface area contributed by atoms with E-state index in [4.69, 9.17) is 26.4 Å². The molecule has 1 aromatic carbocycles. The minimum atomic E-state index is -0.393. The third kappa shape index (κ3) is 4.74. The van der Waals surface area contributed by atoms with Crippen molar-refractivity contribution in [2.24, 2.45) is 0 Å². The lowest BCUT2D eigenvalue weighted by Gasteiger charge is -2.24. The van der Waals surface area contributed by atoms with Crippen LogP contribution in [0.5, 0.6) is 0 Å². The molecule has 4 rings (SSSR count). The van der Waals surface area contributed by atoms with E-state index in [1.165, 1.54) is 6.42 Å². The number of benzene rings is 1. The molecule has 28 heavy (non-hydrogen) atoms. The summed E-state index contributed by atoms with van der Waals surface area (Å²) in [7, 11) is 0. The van der Waals surface area contributed by atoms with Crippen LogP contribution in [0.25, 0.3) is 0 Å². The highest BCUT2D eigenvalue weighted by Crippen LogP contribution is 2.29. The summed E-state index contributed by atoms with van der Waals surface area (Å²) in [5, 5.41) is 9.90. The van der Waals surface area contributed by atoms with Crippen molar-refractivity contribution in [2.75, 3.05) is 18.5 Å². The number of anilines is 1. The summed E-state index contributed by atoms with van der Waals surface area (Å²) >= 11 is 5.39. The molecule has 2 aliphatic heterocycles. The fourth-order valence-corrected chi connectivity index (χ4v) is 4.40. The Bertz CT molecular complexity index is 683. The number of rotatable bonds is 4. The zero-order valence-electron chi connectivity index (χ0n) is 15.8. The highest BCUT2D eigenvalue weighted by Gasteiger charge is 2.49. The Hall–Kier alpha value is -1.90. The minimum absolute atomic E-state index is 0.0799. The molecule has 3 N–H and O–H groups in total. The van der Waals surface area contributed by atoms with E-state index < -0.39 is 6.10 Å². The molecular weight excluding hydrogens is 378 g/mol. The Balaban J connectivity index is 1.24. The number of amides is 1. The van der Waals surface area contributed by atoms with Gasteiger partial charge >= 0.3 is 6.09 Å². The van der Waals surface area contributed by atoms with Crippen molar-refractivity contribution < 1.29 is 19.0 Å². The maximum absolute atomic E-state index is 12.2. The maximum atomic E-state index is 12.2. The van der Waals surface area contributed by atoms with E-state index in [-0.39, 0.29) is 30.4 Å². The van der Waals surface area contributed by atoms with Gasteiger partial charge in [-0.3, -0.25) is 0 Å². The van der Waals surface area contributed by atoms with Crippen LogP contribution in [-0.2, 0) is 14.2 Å². The second-order valence-corrected chi connectivity index (χ2v) is 8.00. The van der Waals surface area contributed by atoms with Crippen LogP contribution in [0.2, 0.25) is 0 Å². The van der Waals surface area contributed by atoms with Crippen LogP contribution in [-0.4, -0.2) is 54.8 Å². The Morgan fingerprint density at radius 1 is 1.00 bits per heavy atom. The van der Waals surface area contributed by atoms with Crippen molar-refractivity contribution in [3.05, 3.63) is 30.3 Å². The average molecular weight is 406 g/mol. The first-order chi connectivity index (χ1) is 13.7. The van der Waals surface area contributed by atoms with Crippen LogP contribution in [0.15, 0.2) is 30.3 Å². The monoisotopic (exact) mass is 405 g/mol. The summed E-state index contributed by atoms with van der Waals surface area (Å²) in [5.41, 5.74) is 0.920. The SMILES string of the molecule is O=C(NC1CCCCC1)O[C@@H]1CO[C@H]2[C@@H]1OC[C@@H]2NC(=S)Nc1ccccc1. The molecule has 1 aliphatic carbocycles. The Kier molecular flexibility index (Phi) is 6.29. The minimum Gasteiger partial charge on any atom is -0.441 e. The maximum Gasteiger partial charge on any atom is 0.407 e. The van der Waals surface area contributed by atoms with Gasteiger partial charge in [-0.25, -0.2) is 4.79 Å². The Labute approximate surface area is 170 Å². The topological polar surface area (TPSA) is 80.9 Å². The highest BCUT2D eigenvalue weighted by molar-refractivity contribution is 7.80. The van der Waals surface area contributed by atoms with Gasteiger partial charge in [0.05, 0.1) is 19.3 Å². The van der Waals surface area contributed by atoms with Crippen molar-refractivity contribution in [3.63, 3.8) is 0 Å². The number of hydrogen-bond donors (Lipinski definition) is 3. The molecule has 3 aliphatic rings. The zero-order valence-corrected chi connectivity index (χ0v) is 16.6. The summed E-state index contributed by atoms with van der Waals surface area (Å²) in [6.45, 7) is 0.792. The third-order valence-corrected chi connectivity index (χ3v) is 5.76. The number of alkyl carbamates (subject to hydrolysis) is 1. The van der Waals surface area contributed by atoms with Crippen LogP contribution >= 0.6 is 12.2 Å². The molecule has 0 spiro atoms. The van der Waals surface area contributed by atoms with E-state index in [1.54, 1.807) is 0 Å². The molecule has 7 nitrogen and oxygen atoms in total. The zero-order chi connectivity index (χ0) is 19.3. The quantitative estimate of drug-likeness (QED) is 0.664. The van der Waals surface area contributed by atoms with Crippen LogP contribution < -0.4 is 16.0 Å². The van der Waals surface area contributed by atoms with Crippen molar-refractivity contribution in [3.8, 4) is 0 Å². The molecule has 1 amide bonds. The van der Waals surface area contributed by atoms with Gasteiger partial charge < -0.3 is 30.2 Å². The van der Waals surface area contributed by atoms with Crippen LogP contribution in [0.4, 0.5) is 10.5 Å². The van der Waals surface area contributed by atoms with Crippen molar-refractivity contribution in [1.82, 2.24) is 10.6 Å². The summed E-state index contributed by atoms with van der Waals surface area (Å²) in [5.74, 6) is 0. The normalized spacial score (nSPS) is 29.7. The fraction of sp³-hybridized carbons (Fsp3) is 0.600. The number of fused-ring (bicyclic) bond motifs is 1. The Morgan fingerprint density at radius 2 is 1.75 bits per heavy atom. The van der Waals surface area contributed by atoms with E-state index in [0.717, 1.165) is 31.4 Å². The number of nitrogens with one attached hydrogen (secondary N) is 3. The van der Waals surface area contributed by atoms with E-state index in [2.05, 4.69) is 16.0 Å². The van der Waals surface area contributed by atoms with Crippen LogP contribution in [0.1, 0.15) is 32.1 Å². The fourth-order valence-electron chi connectivity index (χ4n) is 4.13. The van der Waals surface area contributed by atoms with E-state index in [0.29, 0.717) is 18.3 Å². The second-order valence-electron chi connectivity index (χ2n) is 7.59. The van der Waals surface area contributed by atoms with Gasteiger partial charge in [0, 0.05) is 11.7 Å². The van der Waals surface area contributed by atoms with E-state index >= 15 is 0 Å². The van der Waals surface area contributed by atoms with Crippen LogP contribution in [0.3, 0.4) is 0 Å². The summed E-state index contributed by atoms with van der Waals surface area (Å²) in [6.07, 6.45) is 4.39. The predicted octanol–water partition coefficient (Wildman–Crippen LogP) is 2.57. The largest absolute Gasteiger partial charge is 0.441 e. The first-order valence-corrected chi connectivity index (χ1v) is 10.4. The first kappa shape index (κ1) is 19.4.